The lowest BCUT2D eigenvalue weighted by Crippen LogP contribution is -2.24. The average Bonchev–Trinajstić information content (AvgIpc) is 3.21. The molecule has 0 saturated heterocycles. The third-order valence-corrected chi connectivity index (χ3v) is 4.70. The smallest absolute Gasteiger partial charge is 0.325 e. The lowest BCUT2D eigenvalue weighted by molar-refractivity contribution is -0.137. The molecule has 2 aromatic carbocycles. The molecule has 4 rings (SSSR count). The summed E-state index contributed by atoms with van der Waals surface area (Å²) < 4.78 is 40.6. The number of alkyl halides is 3. The molecule has 0 saturated carbocycles. The van der Waals surface area contributed by atoms with Crippen molar-refractivity contribution >= 4 is 35.1 Å². The van der Waals surface area contributed by atoms with E-state index in [1.54, 1.807) is 24.3 Å². The van der Waals surface area contributed by atoms with Crippen LogP contribution < -0.4 is 10.6 Å². The summed E-state index contributed by atoms with van der Waals surface area (Å²) in [6.07, 6.45) is -5.03. The minimum atomic E-state index is -4.62. The van der Waals surface area contributed by atoms with Gasteiger partial charge in [0.25, 0.3) is 5.91 Å². The van der Waals surface area contributed by atoms with Crippen LogP contribution in [0.4, 0.5) is 24.8 Å². The summed E-state index contributed by atoms with van der Waals surface area (Å²) in [6.45, 7) is 0. The highest BCUT2D eigenvalue weighted by molar-refractivity contribution is 6.30. The molecule has 0 spiro atoms. The topological polar surface area (TPSA) is 88.9 Å². The fourth-order valence-electron chi connectivity index (χ4n) is 3.05. The van der Waals surface area contributed by atoms with E-state index in [9.17, 15) is 22.8 Å². The number of nitrogens with zero attached hydrogens (tertiary/aromatic N) is 3. The summed E-state index contributed by atoms with van der Waals surface area (Å²) in [7, 11) is 0. The van der Waals surface area contributed by atoms with Gasteiger partial charge >= 0.3 is 6.18 Å². The predicted molar refractivity (Wildman–Crippen MR) is 103 cm³/mol. The van der Waals surface area contributed by atoms with Crippen LogP contribution in [0, 0.1) is 0 Å². The standard InChI is InChI=1S/C19H13ClF3N5O2/c20-11-7-5-10(6-8-11)16-25-18-26-17(30)14(28(18)27-16)9-15(29)24-13-4-2-1-3-12(13)19(21,22)23/h1-8,14H,9H2,(H,24,29)(H,25,26,27,30). The summed E-state index contributed by atoms with van der Waals surface area (Å²) in [5.74, 6) is -0.817. The van der Waals surface area contributed by atoms with E-state index in [1.165, 1.54) is 16.8 Å². The highest BCUT2D eigenvalue weighted by atomic mass is 35.5. The molecule has 7 nitrogen and oxygen atoms in total. The van der Waals surface area contributed by atoms with Crippen molar-refractivity contribution in [1.29, 1.82) is 0 Å². The number of rotatable bonds is 4. The lowest BCUT2D eigenvalue weighted by atomic mass is 10.1. The molecule has 0 fully saturated rings. The van der Waals surface area contributed by atoms with Crippen molar-refractivity contribution in [2.45, 2.75) is 18.6 Å². The van der Waals surface area contributed by atoms with E-state index in [4.69, 9.17) is 11.6 Å². The van der Waals surface area contributed by atoms with Gasteiger partial charge in [-0.1, -0.05) is 23.7 Å². The number of anilines is 2. The van der Waals surface area contributed by atoms with E-state index < -0.39 is 36.0 Å². The van der Waals surface area contributed by atoms with Crippen LogP contribution in [0.2, 0.25) is 5.02 Å². The van der Waals surface area contributed by atoms with Crippen LogP contribution in [0.3, 0.4) is 0 Å². The Bertz CT molecular complexity index is 1130. The zero-order valence-corrected chi connectivity index (χ0v) is 15.8. The Morgan fingerprint density at radius 1 is 1.17 bits per heavy atom. The minimum absolute atomic E-state index is 0.151. The van der Waals surface area contributed by atoms with Gasteiger partial charge in [0.15, 0.2) is 5.82 Å². The van der Waals surface area contributed by atoms with Gasteiger partial charge in [-0.25, -0.2) is 4.68 Å². The van der Waals surface area contributed by atoms with Crippen LogP contribution in [0.1, 0.15) is 18.0 Å². The van der Waals surface area contributed by atoms with E-state index in [0.29, 0.717) is 16.4 Å². The fraction of sp³-hybridized carbons (Fsp3) is 0.158. The molecule has 1 aliphatic heterocycles. The second-order valence-electron chi connectivity index (χ2n) is 6.51. The van der Waals surface area contributed by atoms with Gasteiger partial charge in [0.1, 0.15) is 6.04 Å². The second kappa shape index (κ2) is 7.45. The molecule has 1 unspecified atom stereocenters. The molecule has 1 aliphatic rings. The van der Waals surface area contributed by atoms with E-state index >= 15 is 0 Å². The van der Waals surface area contributed by atoms with Crippen molar-refractivity contribution in [3.05, 3.63) is 59.1 Å². The van der Waals surface area contributed by atoms with Gasteiger partial charge in [0.2, 0.25) is 11.9 Å². The zero-order chi connectivity index (χ0) is 21.5. The van der Waals surface area contributed by atoms with Crippen LogP contribution in [-0.2, 0) is 15.8 Å². The van der Waals surface area contributed by atoms with E-state index in [1.807, 2.05) is 0 Å². The number of amides is 2. The SMILES string of the molecule is O=C(CC1C(=O)Nc2nc(-c3ccc(Cl)cc3)nn21)Nc1ccccc1C(F)(F)F. The first-order valence-electron chi connectivity index (χ1n) is 8.72. The summed E-state index contributed by atoms with van der Waals surface area (Å²) in [6, 6.07) is 10.3. The molecule has 2 N–H and O–H groups in total. The van der Waals surface area contributed by atoms with Crippen LogP contribution >= 0.6 is 11.6 Å². The van der Waals surface area contributed by atoms with Crippen LogP contribution in [-0.4, -0.2) is 26.6 Å². The molecule has 1 atom stereocenters. The van der Waals surface area contributed by atoms with Crippen LogP contribution in [0.25, 0.3) is 11.4 Å². The van der Waals surface area contributed by atoms with E-state index in [2.05, 4.69) is 20.7 Å². The van der Waals surface area contributed by atoms with E-state index in [0.717, 1.165) is 12.1 Å². The van der Waals surface area contributed by atoms with Gasteiger partial charge in [-0.05, 0) is 36.4 Å². The van der Waals surface area contributed by atoms with Crippen molar-refractivity contribution in [3.8, 4) is 11.4 Å². The molecular weight excluding hydrogens is 423 g/mol. The fourth-order valence-corrected chi connectivity index (χ4v) is 3.17. The molecular formula is C19H13ClF3N5O2. The maximum absolute atomic E-state index is 13.1. The van der Waals surface area contributed by atoms with Crippen molar-refractivity contribution in [3.63, 3.8) is 0 Å². The summed E-state index contributed by atoms with van der Waals surface area (Å²) >= 11 is 5.86. The first-order chi connectivity index (χ1) is 14.2. The molecule has 30 heavy (non-hydrogen) atoms. The van der Waals surface area contributed by atoms with Gasteiger partial charge in [-0.3, -0.25) is 14.9 Å². The number of halogens is 4. The number of carbonyl (C=O) groups excluding carboxylic acids is 2. The van der Waals surface area contributed by atoms with Crippen LogP contribution in [0.15, 0.2) is 48.5 Å². The van der Waals surface area contributed by atoms with Gasteiger partial charge in [-0.15, -0.1) is 5.10 Å². The number of aromatic nitrogens is 3. The first kappa shape index (κ1) is 19.9. The predicted octanol–water partition coefficient (Wildman–Crippen LogP) is 4.14. The second-order valence-corrected chi connectivity index (χ2v) is 6.95. The van der Waals surface area contributed by atoms with Gasteiger partial charge in [0, 0.05) is 10.6 Å². The van der Waals surface area contributed by atoms with Crippen molar-refractivity contribution in [2.75, 3.05) is 10.6 Å². The molecule has 1 aromatic heterocycles. The molecule has 0 radical (unpaired) electrons. The first-order valence-corrected chi connectivity index (χ1v) is 9.09. The Balaban J connectivity index is 1.53. The maximum Gasteiger partial charge on any atom is 0.418 e. The van der Waals surface area contributed by atoms with Gasteiger partial charge in [-0.2, -0.15) is 18.2 Å². The third-order valence-electron chi connectivity index (χ3n) is 4.45. The van der Waals surface area contributed by atoms with E-state index in [-0.39, 0.29) is 11.6 Å². The molecule has 3 aromatic rings. The summed E-state index contributed by atoms with van der Waals surface area (Å²) in [5.41, 5.74) is -0.701. The summed E-state index contributed by atoms with van der Waals surface area (Å²) in [4.78, 5) is 28.8. The normalized spacial score (nSPS) is 15.6. The Morgan fingerprint density at radius 2 is 1.87 bits per heavy atom. The number of benzene rings is 2. The largest absolute Gasteiger partial charge is 0.418 e. The quantitative estimate of drug-likeness (QED) is 0.644. The Kier molecular flexibility index (Phi) is 4.94. The van der Waals surface area contributed by atoms with Crippen molar-refractivity contribution < 1.29 is 22.8 Å². The number of hydrogen-bond donors (Lipinski definition) is 2. The minimum Gasteiger partial charge on any atom is -0.325 e. The molecule has 154 valence electrons. The number of para-hydroxylation sites is 1. The van der Waals surface area contributed by atoms with Crippen molar-refractivity contribution in [2.24, 2.45) is 0 Å². The molecule has 0 bridgehead atoms. The molecule has 2 amide bonds. The lowest BCUT2D eigenvalue weighted by Gasteiger charge is -2.14. The molecule has 2 heterocycles. The Hall–Kier alpha value is -3.40. The third kappa shape index (κ3) is 3.86. The highest BCUT2D eigenvalue weighted by Gasteiger charge is 2.37. The number of fused-ring (bicyclic) bond motifs is 1. The molecule has 11 heteroatoms. The summed E-state index contributed by atoms with van der Waals surface area (Å²) in [5, 5.41) is 9.54. The van der Waals surface area contributed by atoms with Gasteiger partial charge in [0.05, 0.1) is 17.7 Å². The number of nitrogens with one attached hydrogen (secondary N) is 2. The monoisotopic (exact) mass is 435 g/mol. The van der Waals surface area contributed by atoms with Gasteiger partial charge < -0.3 is 5.32 Å². The Morgan fingerprint density at radius 3 is 2.57 bits per heavy atom. The number of carbonyl (C=O) groups is 2. The maximum atomic E-state index is 13.1. The number of hydrogen-bond acceptors (Lipinski definition) is 4. The average molecular weight is 436 g/mol. The van der Waals surface area contributed by atoms with Crippen LogP contribution in [0.5, 0.6) is 0 Å². The highest BCUT2D eigenvalue weighted by Crippen LogP contribution is 2.35. The zero-order valence-electron chi connectivity index (χ0n) is 15.1. The molecule has 0 aliphatic carbocycles. The Labute approximate surface area is 172 Å². The van der Waals surface area contributed by atoms with Crippen molar-refractivity contribution in [1.82, 2.24) is 14.8 Å².